The van der Waals surface area contributed by atoms with Crippen molar-refractivity contribution >= 4 is 52.3 Å². The third-order valence-corrected chi connectivity index (χ3v) is 14.5. The van der Waals surface area contributed by atoms with Crippen molar-refractivity contribution in [3.05, 3.63) is 77.1 Å². The molecule has 16 nitrogen and oxygen atoms in total. The highest BCUT2D eigenvalue weighted by Gasteiger charge is 2.44. The summed E-state index contributed by atoms with van der Waals surface area (Å²) in [7, 11) is 1.90. The number of benzene rings is 2. The smallest absolute Gasteiger partial charge is 0.246 e. The lowest BCUT2D eigenvalue weighted by Gasteiger charge is -2.33. The molecule has 2 aromatic heterocycles. The van der Waals surface area contributed by atoms with Gasteiger partial charge >= 0.3 is 0 Å². The summed E-state index contributed by atoms with van der Waals surface area (Å²) in [5.74, 6) is 1.07. The molecular weight excluding hydrogens is 945 g/mol. The zero-order valence-corrected chi connectivity index (χ0v) is 44.9. The standard InChI is InChI=1S/C56H80N8O8S/c1-7-41-36-59-55(63-52(41)57-26-13-27-64(6)54(68)43-16-10-17-43)61-44-18-11-19-45(34-44)72-33-15-31-70-29-9-8-28-69-30-14-32-71-37-48(65)62-51(56(3,4)5)49(66)46-20-12-21-47(46)53(67)58-35-40-22-24-42(25-23-40)50-39(2)60-38-73-50/h11,18-19,22-25,34,36,38,43,46-47,51H,7-10,12-17,20-21,26-33,35,37H2,1-6H3,(H,58,67)(H,62,65)(H2,57,59,61,63)/t46?,47-,51?/m1/s1. The highest BCUT2D eigenvalue weighted by Crippen LogP contribution is 2.36. The molecule has 0 aliphatic heterocycles. The zero-order valence-electron chi connectivity index (χ0n) is 44.1. The number of carbonyl (C=O) groups excluding carboxylic acids is 4. The van der Waals surface area contributed by atoms with Gasteiger partial charge in [-0.1, -0.05) is 70.9 Å². The Kier molecular flexibility index (Phi) is 22.9. The molecule has 2 unspecified atom stereocenters. The first-order valence-electron chi connectivity index (χ1n) is 26.5. The van der Waals surface area contributed by atoms with Gasteiger partial charge in [0.2, 0.25) is 23.7 Å². The number of thiazole rings is 1. The Morgan fingerprint density at radius 1 is 0.836 bits per heavy atom. The van der Waals surface area contributed by atoms with Crippen molar-refractivity contribution in [3.8, 4) is 16.2 Å². The van der Waals surface area contributed by atoms with Crippen LogP contribution >= 0.6 is 11.3 Å². The lowest BCUT2D eigenvalue weighted by Crippen LogP contribution is -2.53. The van der Waals surface area contributed by atoms with Gasteiger partial charge in [0.25, 0.3) is 0 Å². The Morgan fingerprint density at radius 3 is 2.22 bits per heavy atom. The van der Waals surface area contributed by atoms with Crippen LogP contribution in [0.3, 0.4) is 0 Å². The van der Waals surface area contributed by atoms with E-state index >= 15 is 0 Å². The SMILES string of the molecule is CCc1cnc(Nc2cccc(OCCCOCCCCOCCCOCC(=O)NC(C(=O)C3CCC[C@H]3C(=O)NCc3ccc(-c4scnc4C)cc3)C(C)(C)C)c2)nc1NCCCN(C)C(=O)C1CCC1. The number of anilines is 3. The van der Waals surface area contributed by atoms with Gasteiger partial charge in [-0.15, -0.1) is 11.3 Å². The van der Waals surface area contributed by atoms with Crippen LogP contribution in [-0.2, 0) is 46.4 Å². The van der Waals surface area contributed by atoms with Crippen LogP contribution in [0, 0.1) is 30.1 Å². The molecule has 2 heterocycles. The quantitative estimate of drug-likeness (QED) is 0.0339. The topological polar surface area (TPSA) is 195 Å². The molecule has 0 radical (unpaired) electrons. The Labute approximate surface area is 436 Å². The van der Waals surface area contributed by atoms with E-state index in [0.29, 0.717) is 84.5 Å². The number of unbranched alkanes of at least 4 members (excludes halogenated alkanes) is 1. The van der Waals surface area contributed by atoms with E-state index in [0.717, 1.165) is 102 Å². The van der Waals surface area contributed by atoms with Crippen LogP contribution in [0.4, 0.5) is 17.5 Å². The largest absolute Gasteiger partial charge is 0.493 e. The fourth-order valence-corrected chi connectivity index (χ4v) is 9.89. The van der Waals surface area contributed by atoms with Gasteiger partial charge in [0.1, 0.15) is 18.2 Å². The van der Waals surface area contributed by atoms with Gasteiger partial charge in [-0.25, -0.2) is 9.97 Å². The van der Waals surface area contributed by atoms with E-state index in [4.69, 9.17) is 23.9 Å². The second-order valence-corrected chi connectivity index (χ2v) is 21.2. The van der Waals surface area contributed by atoms with Crippen LogP contribution in [-0.4, -0.2) is 116 Å². The molecule has 4 aromatic rings. The molecule has 2 saturated carbocycles. The van der Waals surface area contributed by atoms with E-state index in [2.05, 4.69) is 38.2 Å². The summed E-state index contributed by atoms with van der Waals surface area (Å²) >= 11 is 1.61. The molecule has 2 aromatic carbocycles. The molecule has 398 valence electrons. The molecule has 0 saturated heterocycles. The van der Waals surface area contributed by atoms with E-state index in [9.17, 15) is 19.2 Å². The number of Topliss-reactive ketones (excluding diaryl/α,β-unsaturated/α-hetero) is 1. The zero-order chi connectivity index (χ0) is 52.0. The van der Waals surface area contributed by atoms with Gasteiger partial charge < -0.3 is 45.1 Å². The summed E-state index contributed by atoms with van der Waals surface area (Å²) in [6.45, 7) is 14.8. The number of ketones is 1. The predicted molar refractivity (Wildman–Crippen MR) is 287 cm³/mol. The van der Waals surface area contributed by atoms with Crippen molar-refractivity contribution < 1.29 is 38.1 Å². The summed E-state index contributed by atoms with van der Waals surface area (Å²) in [6.07, 6.45) is 11.9. The number of aryl methyl sites for hydroxylation is 2. The molecule has 17 heteroatoms. The third-order valence-electron chi connectivity index (χ3n) is 13.6. The molecule has 6 rings (SSSR count). The molecule has 4 N–H and O–H groups in total. The molecule has 2 fully saturated rings. The molecule has 2 aliphatic carbocycles. The van der Waals surface area contributed by atoms with Crippen LogP contribution in [0.15, 0.2) is 60.2 Å². The average molecular weight is 1030 g/mol. The number of ether oxygens (including phenoxy) is 4. The number of amides is 3. The number of aromatic nitrogens is 3. The van der Waals surface area contributed by atoms with Gasteiger partial charge in [0.05, 0.1) is 28.7 Å². The molecule has 3 amide bonds. The van der Waals surface area contributed by atoms with Crippen LogP contribution in [0.2, 0.25) is 0 Å². The van der Waals surface area contributed by atoms with Crippen molar-refractivity contribution in [2.24, 2.45) is 23.2 Å². The van der Waals surface area contributed by atoms with E-state index in [1.165, 1.54) is 0 Å². The van der Waals surface area contributed by atoms with Gasteiger partial charge in [0, 0.05) is 107 Å². The van der Waals surface area contributed by atoms with Crippen LogP contribution < -0.4 is 26.0 Å². The maximum absolute atomic E-state index is 14.0. The Bertz CT molecular complexity index is 2350. The van der Waals surface area contributed by atoms with Crippen LogP contribution in [0.25, 0.3) is 10.4 Å². The highest BCUT2D eigenvalue weighted by atomic mass is 32.1. The van der Waals surface area contributed by atoms with E-state index < -0.39 is 23.3 Å². The van der Waals surface area contributed by atoms with Crippen molar-refractivity contribution in [2.75, 3.05) is 77.0 Å². The Morgan fingerprint density at radius 2 is 1.53 bits per heavy atom. The maximum atomic E-state index is 14.0. The molecule has 3 atom stereocenters. The molecule has 2 aliphatic rings. The lowest BCUT2D eigenvalue weighted by atomic mass is 9.77. The van der Waals surface area contributed by atoms with Gasteiger partial charge in [-0.3, -0.25) is 19.2 Å². The van der Waals surface area contributed by atoms with E-state index in [-0.39, 0.29) is 36.0 Å². The van der Waals surface area contributed by atoms with Crippen LogP contribution in [0.1, 0.15) is 115 Å². The summed E-state index contributed by atoms with van der Waals surface area (Å²) in [6, 6.07) is 15.1. The summed E-state index contributed by atoms with van der Waals surface area (Å²) in [5.41, 5.74) is 6.24. The fourth-order valence-electron chi connectivity index (χ4n) is 9.08. The molecule has 73 heavy (non-hydrogen) atoms. The number of hydrogen-bond acceptors (Lipinski definition) is 14. The number of carbonyl (C=O) groups is 4. The first-order valence-corrected chi connectivity index (χ1v) is 27.4. The number of nitrogens with zero attached hydrogens (tertiary/aromatic N) is 4. The minimum absolute atomic E-state index is 0.0958. The third kappa shape index (κ3) is 18.1. The number of rotatable bonds is 32. The second-order valence-electron chi connectivity index (χ2n) is 20.4. The summed E-state index contributed by atoms with van der Waals surface area (Å²) < 4.78 is 23.3. The minimum atomic E-state index is -0.744. The normalized spacial score (nSPS) is 16.1. The lowest BCUT2D eigenvalue weighted by molar-refractivity contribution is -0.138. The van der Waals surface area contributed by atoms with Crippen molar-refractivity contribution in [2.45, 2.75) is 124 Å². The second kappa shape index (κ2) is 29.4. The Balaban J connectivity index is 0.771. The van der Waals surface area contributed by atoms with Gasteiger partial charge in [-0.2, -0.15) is 4.98 Å². The number of hydrogen-bond donors (Lipinski definition) is 4. The van der Waals surface area contributed by atoms with Gasteiger partial charge in [0.15, 0.2) is 5.78 Å². The van der Waals surface area contributed by atoms with Crippen molar-refractivity contribution in [1.29, 1.82) is 0 Å². The van der Waals surface area contributed by atoms with E-state index in [1.54, 1.807) is 11.3 Å². The monoisotopic (exact) mass is 1020 g/mol. The maximum Gasteiger partial charge on any atom is 0.246 e. The molecule has 0 spiro atoms. The first-order chi connectivity index (χ1) is 35.3. The van der Waals surface area contributed by atoms with Crippen molar-refractivity contribution in [3.63, 3.8) is 0 Å². The predicted octanol–water partition coefficient (Wildman–Crippen LogP) is 9.10. The van der Waals surface area contributed by atoms with Gasteiger partial charge in [-0.05, 0) is 93.4 Å². The first kappa shape index (κ1) is 56.8. The highest BCUT2D eigenvalue weighted by molar-refractivity contribution is 7.13. The average Bonchev–Trinajstić information content (AvgIpc) is 4.04. The summed E-state index contributed by atoms with van der Waals surface area (Å²) in [5, 5.41) is 12.8. The van der Waals surface area contributed by atoms with E-state index in [1.807, 2.05) is 99.9 Å². The van der Waals surface area contributed by atoms with Crippen molar-refractivity contribution in [1.82, 2.24) is 30.5 Å². The minimum Gasteiger partial charge on any atom is -0.493 e. The number of nitrogens with one attached hydrogen (secondary N) is 4. The summed E-state index contributed by atoms with van der Waals surface area (Å²) in [4.78, 5) is 69.5. The molecular formula is C56H80N8O8S. The molecule has 0 bridgehead atoms. The Hall–Kier alpha value is -5.49. The fraction of sp³-hybridized carbons (Fsp3) is 0.589. The van der Waals surface area contributed by atoms with Crippen LogP contribution in [0.5, 0.6) is 5.75 Å².